The summed E-state index contributed by atoms with van der Waals surface area (Å²) in [7, 11) is 0. The highest BCUT2D eigenvalue weighted by Gasteiger charge is 2.22. The van der Waals surface area contributed by atoms with Crippen LogP contribution in [0.1, 0.15) is 42.0 Å². The highest BCUT2D eigenvalue weighted by Crippen LogP contribution is 2.37. The highest BCUT2D eigenvalue weighted by molar-refractivity contribution is 6.29. The van der Waals surface area contributed by atoms with Gasteiger partial charge in [-0.3, -0.25) is 0 Å². The van der Waals surface area contributed by atoms with E-state index in [0.29, 0.717) is 11.1 Å². The molecule has 3 heteroatoms. The summed E-state index contributed by atoms with van der Waals surface area (Å²) >= 11 is 6.18. The number of benzene rings is 1. The Morgan fingerprint density at radius 2 is 1.79 bits per heavy atom. The Morgan fingerprint density at radius 3 is 2.37 bits per heavy atom. The lowest BCUT2D eigenvalue weighted by Crippen LogP contribution is -2.11. The van der Waals surface area contributed by atoms with Crippen molar-refractivity contribution in [2.45, 2.75) is 39.0 Å². The normalized spacial score (nSPS) is 15.3. The van der Waals surface area contributed by atoms with Crippen molar-refractivity contribution in [2.75, 3.05) is 0 Å². The molecule has 1 saturated carbocycles. The molecule has 1 heterocycles. The van der Waals surface area contributed by atoms with Gasteiger partial charge in [0.25, 0.3) is 0 Å². The molecule has 0 atom stereocenters. The zero-order valence-corrected chi connectivity index (χ0v) is 12.0. The van der Waals surface area contributed by atoms with E-state index in [1.165, 1.54) is 30.4 Å². The molecule has 1 aliphatic carbocycles. The summed E-state index contributed by atoms with van der Waals surface area (Å²) in [4.78, 5) is 9.17. The van der Waals surface area contributed by atoms with E-state index in [1.807, 2.05) is 6.07 Å². The molecule has 0 N–H and O–H groups in total. The number of hydrogen-bond acceptors (Lipinski definition) is 2. The van der Waals surface area contributed by atoms with Crippen LogP contribution in [-0.4, -0.2) is 9.97 Å². The monoisotopic (exact) mass is 272 g/mol. The van der Waals surface area contributed by atoms with Crippen LogP contribution in [0.15, 0.2) is 24.3 Å². The zero-order valence-electron chi connectivity index (χ0n) is 11.3. The Balaban J connectivity index is 2.11. The van der Waals surface area contributed by atoms with Gasteiger partial charge in [-0.25, -0.2) is 9.97 Å². The number of halogens is 1. The second-order valence-corrected chi connectivity index (χ2v) is 5.72. The molecule has 0 aliphatic heterocycles. The van der Waals surface area contributed by atoms with E-state index in [1.54, 1.807) is 0 Å². The molecule has 98 valence electrons. The molecule has 1 aromatic heterocycles. The van der Waals surface area contributed by atoms with Crippen LogP contribution < -0.4 is 0 Å². The van der Waals surface area contributed by atoms with Crippen molar-refractivity contribution in [1.29, 1.82) is 0 Å². The van der Waals surface area contributed by atoms with Crippen LogP contribution in [0.2, 0.25) is 5.15 Å². The van der Waals surface area contributed by atoms with Gasteiger partial charge in [0, 0.05) is 17.2 Å². The number of hydrogen-bond donors (Lipinski definition) is 0. The maximum Gasteiger partial charge on any atom is 0.161 e. The fourth-order valence-electron chi connectivity index (χ4n) is 2.63. The van der Waals surface area contributed by atoms with Crippen molar-refractivity contribution >= 4 is 11.6 Å². The molecule has 1 aromatic carbocycles. The predicted octanol–water partition coefficient (Wildman–Crippen LogP) is 4.68. The van der Waals surface area contributed by atoms with Crippen LogP contribution in [0.25, 0.3) is 11.4 Å². The minimum absolute atomic E-state index is 0.551. The first-order valence-electron chi connectivity index (χ1n) is 6.76. The fraction of sp³-hybridized carbons (Fsp3) is 0.375. The van der Waals surface area contributed by atoms with Gasteiger partial charge >= 0.3 is 0 Å². The van der Waals surface area contributed by atoms with Crippen molar-refractivity contribution in [3.8, 4) is 11.4 Å². The van der Waals surface area contributed by atoms with Gasteiger partial charge in [0.15, 0.2) is 5.82 Å². The second kappa shape index (κ2) is 4.93. The van der Waals surface area contributed by atoms with E-state index in [0.717, 1.165) is 17.1 Å². The summed E-state index contributed by atoms with van der Waals surface area (Å²) in [6, 6.07) is 8.17. The molecule has 0 bridgehead atoms. The molecular weight excluding hydrogens is 256 g/mol. The topological polar surface area (TPSA) is 25.8 Å². The number of rotatable bonds is 2. The first-order valence-corrected chi connectivity index (χ1v) is 7.14. The van der Waals surface area contributed by atoms with Crippen molar-refractivity contribution in [1.82, 2.24) is 9.97 Å². The first kappa shape index (κ1) is 12.6. The number of aryl methyl sites for hydroxylation is 2. The maximum absolute atomic E-state index is 6.18. The largest absolute Gasteiger partial charge is 0.233 e. The molecule has 1 aliphatic rings. The summed E-state index contributed by atoms with van der Waals surface area (Å²) in [6.45, 7) is 4.19. The van der Waals surface area contributed by atoms with Crippen molar-refractivity contribution in [3.63, 3.8) is 0 Å². The highest BCUT2D eigenvalue weighted by atomic mass is 35.5. The molecular formula is C16H17ClN2. The van der Waals surface area contributed by atoms with E-state index in [4.69, 9.17) is 16.6 Å². The van der Waals surface area contributed by atoms with Crippen molar-refractivity contribution < 1.29 is 0 Å². The number of nitrogens with zero attached hydrogens (tertiary/aromatic N) is 2. The lowest BCUT2D eigenvalue weighted by molar-refractivity contribution is 0.411. The SMILES string of the molecule is Cc1cccc(C)c1-c1nc(Cl)cc(C2CCC2)n1. The van der Waals surface area contributed by atoms with Gasteiger partial charge in [-0.05, 0) is 43.9 Å². The molecule has 0 amide bonds. The minimum atomic E-state index is 0.551. The fourth-order valence-corrected chi connectivity index (χ4v) is 2.82. The molecule has 0 spiro atoms. The van der Waals surface area contributed by atoms with Gasteiger partial charge in [-0.2, -0.15) is 0 Å². The van der Waals surface area contributed by atoms with Gasteiger partial charge in [0.1, 0.15) is 5.15 Å². The summed E-state index contributed by atoms with van der Waals surface area (Å²) in [5.74, 6) is 1.34. The Kier molecular flexibility index (Phi) is 3.28. The molecule has 19 heavy (non-hydrogen) atoms. The molecule has 1 fully saturated rings. The van der Waals surface area contributed by atoms with E-state index in [2.05, 4.69) is 37.0 Å². The summed E-state index contributed by atoms with van der Waals surface area (Å²) in [5.41, 5.74) is 4.61. The Morgan fingerprint density at radius 1 is 1.11 bits per heavy atom. The van der Waals surface area contributed by atoms with Gasteiger partial charge in [-0.1, -0.05) is 36.2 Å². The van der Waals surface area contributed by atoms with Gasteiger partial charge in [-0.15, -0.1) is 0 Å². The number of aromatic nitrogens is 2. The maximum atomic E-state index is 6.18. The zero-order chi connectivity index (χ0) is 13.4. The third-order valence-electron chi connectivity index (χ3n) is 3.94. The second-order valence-electron chi connectivity index (χ2n) is 5.33. The molecule has 2 aromatic rings. The molecule has 0 unspecified atom stereocenters. The van der Waals surface area contributed by atoms with Gasteiger partial charge < -0.3 is 0 Å². The molecule has 0 saturated heterocycles. The summed E-state index contributed by atoms with van der Waals surface area (Å²) in [5, 5.41) is 0.551. The van der Waals surface area contributed by atoms with Crippen LogP contribution in [0.4, 0.5) is 0 Å². The Hall–Kier alpha value is -1.41. The Bertz CT molecular complexity index is 598. The standard InChI is InChI=1S/C16H17ClN2/c1-10-5-3-6-11(2)15(10)16-18-13(9-14(17)19-16)12-7-4-8-12/h3,5-6,9,12H,4,7-8H2,1-2H3. The smallest absolute Gasteiger partial charge is 0.161 e. The summed E-state index contributed by atoms with van der Waals surface area (Å²) < 4.78 is 0. The van der Waals surface area contributed by atoms with Gasteiger partial charge in [0.05, 0.1) is 0 Å². The Labute approximate surface area is 118 Å². The lowest BCUT2D eigenvalue weighted by Gasteiger charge is -2.25. The predicted molar refractivity (Wildman–Crippen MR) is 78.5 cm³/mol. The van der Waals surface area contributed by atoms with Crippen LogP contribution in [0, 0.1) is 13.8 Å². The van der Waals surface area contributed by atoms with Crippen molar-refractivity contribution in [2.24, 2.45) is 0 Å². The lowest BCUT2D eigenvalue weighted by atomic mass is 9.83. The van der Waals surface area contributed by atoms with Crippen LogP contribution in [-0.2, 0) is 0 Å². The summed E-state index contributed by atoms with van der Waals surface area (Å²) in [6.07, 6.45) is 3.74. The van der Waals surface area contributed by atoms with Crippen LogP contribution in [0.5, 0.6) is 0 Å². The quantitative estimate of drug-likeness (QED) is 0.742. The molecule has 0 radical (unpaired) electrons. The van der Waals surface area contributed by atoms with Crippen LogP contribution in [0.3, 0.4) is 0 Å². The van der Waals surface area contributed by atoms with E-state index < -0.39 is 0 Å². The minimum Gasteiger partial charge on any atom is -0.233 e. The van der Waals surface area contributed by atoms with Gasteiger partial charge in [0.2, 0.25) is 0 Å². The van der Waals surface area contributed by atoms with E-state index >= 15 is 0 Å². The van der Waals surface area contributed by atoms with E-state index in [-0.39, 0.29) is 0 Å². The third-order valence-corrected chi connectivity index (χ3v) is 4.14. The molecule has 3 rings (SSSR count). The van der Waals surface area contributed by atoms with Crippen molar-refractivity contribution in [3.05, 3.63) is 46.2 Å². The van der Waals surface area contributed by atoms with E-state index in [9.17, 15) is 0 Å². The molecule has 2 nitrogen and oxygen atoms in total. The average Bonchev–Trinajstić information content (AvgIpc) is 2.25. The third kappa shape index (κ3) is 2.37. The van der Waals surface area contributed by atoms with Crippen LogP contribution >= 0.6 is 11.6 Å². The first-order chi connectivity index (χ1) is 9.15. The average molecular weight is 273 g/mol.